The fraction of sp³-hybridized carbons (Fsp3) is 0.897. The first-order valence-electron chi connectivity index (χ1n) is 29.1. The summed E-state index contributed by atoms with van der Waals surface area (Å²) in [6, 6.07) is 0. The highest BCUT2D eigenvalue weighted by molar-refractivity contribution is 7.47. The smallest absolute Gasteiger partial charge is 0.462 e. The van der Waals surface area contributed by atoms with Gasteiger partial charge in [0, 0.05) is 12.8 Å². The molecule has 0 rings (SSSR count). The van der Waals surface area contributed by atoms with E-state index in [0.717, 1.165) is 44.9 Å². The Morgan fingerprint density at radius 1 is 0.456 bits per heavy atom. The SMILES string of the molecule is CCCCC/C=C\C/C=C\CCCCCCCCCCCC(=O)OC(COC(=O)CCCCCCCCCCCCCCCCCCCCCCCCCCC)COP(=O)(O)OCC[N+](C)(C)C. The largest absolute Gasteiger partial charge is 0.472 e. The summed E-state index contributed by atoms with van der Waals surface area (Å²) in [6.45, 7) is 4.45. The molecule has 0 spiro atoms. The molecule has 68 heavy (non-hydrogen) atoms. The molecule has 0 aromatic heterocycles. The second-order valence-corrected chi connectivity index (χ2v) is 22.5. The minimum absolute atomic E-state index is 0.0332. The predicted molar refractivity (Wildman–Crippen MR) is 289 cm³/mol. The van der Waals surface area contributed by atoms with Crippen molar-refractivity contribution >= 4 is 19.8 Å². The second-order valence-electron chi connectivity index (χ2n) is 21.0. The average Bonchev–Trinajstić information content (AvgIpc) is 3.30. The van der Waals surface area contributed by atoms with Gasteiger partial charge in [0.2, 0.25) is 0 Å². The molecule has 0 bridgehead atoms. The molecule has 0 aromatic rings. The normalized spacial score (nSPS) is 13.4. The molecule has 0 saturated heterocycles. The molecule has 402 valence electrons. The minimum atomic E-state index is -4.38. The zero-order valence-corrected chi connectivity index (χ0v) is 46.5. The number of unbranched alkanes of at least 4 members (excludes halogenated alkanes) is 36. The maximum absolute atomic E-state index is 12.8. The van der Waals surface area contributed by atoms with E-state index in [0.29, 0.717) is 23.9 Å². The Morgan fingerprint density at radius 2 is 0.794 bits per heavy atom. The quantitative estimate of drug-likeness (QED) is 0.0211. The lowest BCUT2D eigenvalue weighted by molar-refractivity contribution is -0.870. The predicted octanol–water partition coefficient (Wildman–Crippen LogP) is 17.8. The first kappa shape index (κ1) is 66.5. The van der Waals surface area contributed by atoms with Crippen molar-refractivity contribution in [2.45, 2.75) is 290 Å². The number of nitrogens with zero attached hydrogens (tertiary/aromatic N) is 1. The molecule has 0 aliphatic heterocycles. The van der Waals surface area contributed by atoms with Crippen LogP contribution in [-0.4, -0.2) is 74.9 Å². The highest BCUT2D eigenvalue weighted by atomic mass is 31.2. The van der Waals surface area contributed by atoms with Crippen LogP contribution in [-0.2, 0) is 32.7 Å². The van der Waals surface area contributed by atoms with Crippen LogP contribution in [0.3, 0.4) is 0 Å². The van der Waals surface area contributed by atoms with E-state index in [4.69, 9.17) is 18.5 Å². The molecular formula is C58H113NO8P+. The maximum atomic E-state index is 12.8. The lowest BCUT2D eigenvalue weighted by Gasteiger charge is -2.24. The maximum Gasteiger partial charge on any atom is 0.472 e. The third-order valence-corrected chi connectivity index (χ3v) is 14.0. The first-order valence-corrected chi connectivity index (χ1v) is 30.6. The molecular weight excluding hydrogens is 870 g/mol. The van der Waals surface area contributed by atoms with Crippen LogP contribution < -0.4 is 0 Å². The molecule has 10 heteroatoms. The monoisotopic (exact) mass is 983 g/mol. The van der Waals surface area contributed by atoms with Crippen LogP contribution in [0.2, 0.25) is 0 Å². The van der Waals surface area contributed by atoms with Crippen molar-refractivity contribution in [3.8, 4) is 0 Å². The molecule has 0 fully saturated rings. The lowest BCUT2D eigenvalue weighted by atomic mass is 10.0. The van der Waals surface area contributed by atoms with Gasteiger partial charge < -0.3 is 18.9 Å². The van der Waals surface area contributed by atoms with Crippen molar-refractivity contribution in [3.63, 3.8) is 0 Å². The summed E-state index contributed by atoms with van der Waals surface area (Å²) in [5.74, 6) is -0.787. The van der Waals surface area contributed by atoms with Gasteiger partial charge in [0.15, 0.2) is 6.10 Å². The van der Waals surface area contributed by atoms with Crippen molar-refractivity contribution in [1.82, 2.24) is 0 Å². The van der Waals surface area contributed by atoms with Gasteiger partial charge in [-0.3, -0.25) is 18.6 Å². The summed E-state index contributed by atoms with van der Waals surface area (Å²) in [5, 5.41) is 0. The highest BCUT2D eigenvalue weighted by Crippen LogP contribution is 2.43. The van der Waals surface area contributed by atoms with E-state index in [1.807, 2.05) is 21.1 Å². The van der Waals surface area contributed by atoms with Crippen molar-refractivity contribution in [2.75, 3.05) is 47.5 Å². The van der Waals surface area contributed by atoms with Gasteiger partial charge in [-0.1, -0.05) is 250 Å². The van der Waals surface area contributed by atoms with Gasteiger partial charge in [-0.2, -0.15) is 0 Å². The molecule has 0 aliphatic carbocycles. The summed E-state index contributed by atoms with van der Waals surface area (Å²) in [4.78, 5) is 35.7. The number of quaternary nitrogens is 1. The highest BCUT2D eigenvalue weighted by Gasteiger charge is 2.27. The molecule has 2 atom stereocenters. The summed E-state index contributed by atoms with van der Waals surface area (Å²) < 4.78 is 34.6. The standard InChI is InChI=1S/C58H112NO8P/c1-6-8-10-12-14-16-18-20-22-24-26-27-28-29-30-31-33-34-36-38-40-42-44-46-48-50-57(60)64-54-56(55-66-68(62,63)65-53-52-59(3,4)5)67-58(61)51-49-47-45-43-41-39-37-35-32-25-23-21-19-17-15-13-11-9-7-2/h15,17,21,23,56H,6-14,16,18-20,22,24-55H2,1-5H3/p+1/b17-15-,23-21-. The Labute approximate surface area is 421 Å². The Hall–Kier alpha value is -1.51. The van der Waals surface area contributed by atoms with E-state index in [1.54, 1.807) is 0 Å². The number of hydrogen-bond donors (Lipinski definition) is 1. The van der Waals surface area contributed by atoms with Crippen LogP contribution in [0.4, 0.5) is 0 Å². The number of carbonyl (C=O) groups excluding carboxylic acids is 2. The topological polar surface area (TPSA) is 108 Å². The first-order chi connectivity index (χ1) is 33.0. The van der Waals surface area contributed by atoms with Gasteiger partial charge in [0.25, 0.3) is 0 Å². The van der Waals surface area contributed by atoms with Crippen LogP contribution in [0.15, 0.2) is 24.3 Å². The Balaban J connectivity index is 4.11. The Bertz CT molecular complexity index is 1200. The minimum Gasteiger partial charge on any atom is -0.462 e. The third kappa shape index (κ3) is 53.8. The molecule has 9 nitrogen and oxygen atoms in total. The van der Waals surface area contributed by atoms with Crippen molar-refractivity contribution in [3.05, 3.63) is 24.3 Å². The molecule has 0 aromatic carbocycles. The lowest BCUT2D eigenvalue weighted by Crippen LogP contribution is -2.37. The van der Waals surface area contributed by atoms with E-state index in [-0.39, 0.29) is 25.6 Å². The van der Waals surface area contributed by atoms with E-state index in [1.165, 1.54) is 205 Å². The van der Waals surface area contributed by atoms with Crippen LogP contribution >= 0.6 is 7.82 Å². The average molecular weight is 984 g/mol. The molecule has 0 aliphatic rings. The number of allylic oxidation sites excluding steroid dienone is 4. The van der Waals surface area contributed by atoms with Crippen LogP contribution in [0.25, 0.3) is 0 Å². The summed E-state index contributed by atoms with van der Waals surface area (Å²) in [5.41, 5.74) is 0. The third-order valence-electron chi connectivity index (χ3n) is 13.0. The van der Waals surface area contributed by atoms with E-state index < -0.39 is 26.5 Å². The van der Waals surface area contributed by atoms with Gasteiger partial charge in [-0.25, -0.2) is 4.57 Å². The van der Waals surface area contributed by atoms with Crippen molar-refractivity contribution in [1.29, 1.82) is 0 Å². The van der Waals surface area contributed by atoms with E-state index in [2.05, 4.69) is 38.2 Å². The van der Waals surface area contributed by atoms with Crippen LogP contribution in [0, 0.1) is 0 Å². The van der Waals surface area contributed by atoms with Gasteiger partial charge in [-0.05, 0) is 44.9 Å². The Kier molecular flexibility index (Phi) is 49.3. The van der Waals surface area contributed by atoms with Crippen LogP contribution in [0.1, 0.15) is 284 Å². The number of ether oxygens (including phenoxy) is 2. The number of hydrogen-bond acceptors (Lipinski definition) is 7. The van der Waals surface area contributed by atoms with Crippen LogP contribution in [0.5, 0.6) is 0 Å². The number of carbonyl (C=O) groups is 2. The molecule has 0 radical (unpaired) electrons. The van der Waals surface area contributed by atoms with Crippen molar-refractivity contribution < 1.29 is 42.1 Å². The second kappa shape index (κ2) is 50.4. The Morgan fingerprint density at radius 3 is 1.19 bits per heavy atom. The van der Waals surface area contributed by atoms with Gasteiger partial charge in [-0.15, -0.1) is 0 Å². The number of esters is 2. The molecule has 0 heterocycles. The van der Waals surface area contributed by atoms with Gasteiger partial charge in [0.1, 0.15) is 19.8 Å². The summed E-state index contributed by atoms with van der Waals surface area (Å²) in [7, 11) is 1.49. The number of likely N-dealkylation sites (N-methyl/N-ethyl adjacent to an activating group) is 1. The zero-order valence-electron chi connectivity index (χ0n) is 45.6. The fourth-order valence-corrected chi connectivity index (χ4v) is 9.20. The van der Waals surface area contributed by atoms with E-state index in [9.17, 15) is 19.0 Å². The zero-order chi connectivity index (χ0) is 49.9. The van der Waals surface area contributed by atoms with E-state index >= 15 is 0 Å². The summed E-state index contributed by atoms with van der Waals surface area (Å²) in [6.07, 6.45) is 59.6. The van der Waals surface area contributed by atoms with Crippen molar-refractivity contribution in [2.24, 2.45) is 0 Å². The molecule has 1 N–H and O–H groups in total. The molecule has 0 saturated carbocycles. The van der Waals surface area contributed by atoms with Gasteiger partial charge in [0.05, 0.1) is 27.7 Å². The number of phosphoric ester groups is 1. The fourth-order valence-electron chi connectivity index (χ4n) is 8.46. The molecule has 0 amide bonds. The summed E-state index contributed by atoms with van der Waals surface area (Å²) >= 11 is 0. The number of phosphoric acid groups is 1. The number of rotatable bonds is 54. The van der Waals surface area contributed by atoms with Gasteiger partial charge >= 0.3 is 19.8 Å². The molecule has 2 unspecified atom stereocenters.